The highest BCUT2D eigenvalue weighted by Crippen LogP contribution is 2.35. The molecule has 1 saturated heterocycles. The summed E-state index contributed by atoms with van der Waals surface area (Å²) in [5.41, 5.74) is 1.03. The highest BCUT2D eigenvalue weighted by Gasteiger charge is 2.37. The minimum atomic E-state index is -0.578. The van der Waals surface area contributed by atoms with Crippen LogP contribution in [0.25, 0.3) is 0 Å². The van der Waals surface area contributed by atoms with E-state index in [0.29, 0.717) is 31.1 Å². The Morgan fingerprint density at radius 3 is 2.91 bits per heavy atom. The fourth-order valence-corrected chi connectivity index (χ4v) is 2.91. The zero-order chi connectivity index (χ0) is 16.6. The number of hydrogen-bond donors (Lipinski definition) is 0. The van der Waals surface area contributed by atoms with Gasteiger partial charge >= 0.3 is 5.69 Å². The molecule has 0 aliphatic carbocycles. The lowest BCUT2D eigenvalue weighted by atomic mass is 9.97. The Balaban J connectivity index is 1.96. The summed E-state index contributed by atoms with van der Waals surface area (Å²) in [6.45, 7) is 5.21. The lowest BCUT2D eigenvalue weighted by molar-refractivity contribution is -0.385. The summed E-state index contributed by atoms with van der Waals surface area (Å²) >= 11 is 0. The van der Waals surface area contributed by atoms with Gasteiger partial charge < -0.3 is 9.64 Å². The largest absolute Gasteiger partial charge is 0.367 e. The molecule has 2 aromatic rings. The van der Waals surface area contributed by atoms with Crippen LogP contribution in [0.2, 0.25) is 0 Å². The molecule has 0 radical (unpaired) electrons. The zero-order valence-corrected chi connectivity index (χ0v) is 13.4. The number of rotatable bonds is 3. The molecule has 0 saturated carbocycles. The normalized spacial score (nSPS) is 21.4. The van der Waals surface area contributed by atoms with Crippen molar-refractivity contribution in [1.29, 1.82) is 0 Å². The number of aryl methyl sites for hydroxylation is 2. The van der Waals surface area contributed by atoms with Crippen LogP contribution in [0.15, 0.2) is 24.7 Å². The predicted octanol–water partition coefficient (Wildman–Crippen LogP) is 1.78. The number of nitrogens with zero attached hydrogens (tertiary/aromatic N) is 5. The summed E-state index contributed by atoms with van der Waals surface area (Å²) in [6, 6.07) is 1.66. The van der Waals surface area contributed by atoms with Crippen LogP contribution in [0, 0.1) is 17.0 Å². The van der Waals surface area contributed by atoms with Crippen LogP contribution in [-0.2, 0) is 17.4 Å². The first-order valence-electron chi connectivity index (χ1n) is 7.39. The summed E-state index contributed by atoms with van der Waals surface area (Å²) < 4.78 is 7.67. The molecule has 1 unspecified atom stereocenters. The number of ether oxygens (including phenoxy) is 1. The lowest BCUT2D eigenvalue weighted by Crippen LogP contribution is -2.48. The lowest BCUT2D eigenvalue weighted by Gasteiger charge is -2.40. The molecule has 1 atom stereocenters. The van der Waals surface area contributed by atoms with E-state index in [1.165, 1.54) is 0 Å². The summed E-state index contributed by atoms with van der Waals surface area (Å²) in [4.78, 5) is 17.2. The van der Waals surface area contributed by atoms with Crippen molar-refractivity contribution in [2.75, 3.05) is 24.6 Å². The van der Waals surface area contributed by atoms with Crippen molar-refractivity contribution in [3.05, 3.63) is 45.9 Å². The number of nitro groups is 1. The molecule has 0 N–H and O–H groups in total. The van der Waals surface area contributed by atoms with E-state index in [0.717, 1.165) is 5.56 Å². The van der Waals surface area contributed by atoms with E-state index in [1.807, 2.05) is 25.1 Å². The van der Waals surface area contributed by atoms with Crippen molar-refractivity contribution in [2.45, 2.75) is 19.4 Å². The summed E-state index contributed by atoms with van der Waals surface area (Å²) in [7, 11) is 1.85. The highest BCUT2D eigenvalue weighted by atomic mass is 16.6. The van der Waals surface area contributed by atoms with Crippen LogP contribution in [0.3, 0.4) is 0 Å². The Hall–Kier alpha value is -2.48. The van der Waals surface area contributed by atoms with Gasteiger partial charge in [0.1, 0.15) is 5.60 Å². The first-order chi connectivity index (χ1) is 10.9. The van der Waals surface area contributed by atoms with E-state index in [9.17, 15) is 10.1 Å². The van der Waals surface area contributed by atoms with Crippen LogP contribution in [0.1, 0.15) is 18.1 Å². The molecule has 3 heterocycles. The summed E-state index contributed by atoms with van der Waals surface area (Å²) in [5, 5.41) is 15.6. The van der Waals surface area contributed by atoms with Crippen molar-refractivity contribution in [3.8, 4) is 0 Å². The van der Waals surface area contributed by atoms with Crippen LogP contribution in [-0.4, -0.2) is 39.4 Å². The molecule has 2 aromatic heterocycles. The van der Waals surface area contributed by atoms with Gasteiger partial charge in [-0.25, -0.2) is 4.98 Å². The third kappa shape index (κ3) is 2.77. The standard InChI is InChI=1S/C15H19N5O3/c1-11-4-5-16-14(13(11)20(21)22)19-6-7-23-15(2,10-19)12-8-17-18(3)9-12/h4-5,8-9H,6-7,10H2,1-3H3. The quantitative estimate of drug-likeness (QED) is 0.633. The number of anilines is 1. The Morgan fingerprint density at radius 2 is 2.26 bits per heavy atom. The maximum Gasteiger partial charge on any atom is 0.314 e. The third-order valence-electron chi connectivity index (χ3n) is 4.18. The van der Waals surface area contributed by atoms with Crippen molar-refractivity contribution < 1.29 is 9.66 Å². The average molecular weight is 317 g/mol. The molecular formula is C15H19N5O3. The number of pyridine rings is 1. The Labute approximate surface area is 133 Å². The molecule has 1 fully saturated rings. The van der Waals surface area contributed by atoms with Crippen LogP contribution >= 0.6 is 0 Å². The molecule has 0 amide bonds. The summed E-state index contributed by atoms with van der Waals surface area (Å²) in [6.07, 6.45) is 5.28. The topological polar surface area (TPSA) is 86.3 Å². The molecule has 1 aliphatic rings. The first kappa shape index (κ1) is 15.4. The smallest absolute Gasteiger partial charge is 0.314 e. The van der Waals surface area contributed by atoms with Crippen molar-refractivity contribution >= 4 is 11.5 Å². The predicted molar refractivity (Wildman–Crippen MR) is 84.4 cm³/mol. The van der Waals surface area contributed by atoms with Crippen molar-refractivity contribution in [2.24, 2.45) is 7.05 Å². The number of hydrogen-bond acceptors (Lipinski definition) is 6. The van der Waals surface area contributed by atoms with E-state index < -0.39 is 5.60 Å². The average Bonchev–Trinajstić information content (AvgIpc) is 2.94. The van der Waals surface area contributed by atoms with Gasteiger partial charge in [-0.3, -0.25) is 14.8 Å². The molecule has 1 aliphatic heterocycles. The molecule has 122 valence electrons. The molecule has 23 heavy (non-hydrogen) atoms. The van der Waals surface area contributed by atoms with E-state index in [-0.39, 0.29) is 10.6 Å². The van der Waals surface area contributed by atoms with Gasteiger partial charge in [-0.2, -0.15) is 5.10 Å². The van der Waals surface area contributed by atoms with Gasteiger partial charge in [0.15, 0.2) is 0 Å². The van der Waals surface area contributed by atoms with E-state index in [2.05, 4.69) is 10.1 Å². The number of morpholine rings is 1. The summed E-state index contributed by atoms with van der Waals surface area (Å²) in [5.74, 6) is 0.397. The molecule has 0 bridgehead atoms. The molecule has 0 spiro atoms. The Bertz CT molecular complexity index is 744. The second kappa shape index (κ2) is 5.62. The van der Waals surface area contributed by atoms with E-state index in [1.54, 1.807) is 30.1 Å². The van der Waals surface area contributed by atoms with Crippen LogP contribution in [0.5, 0.6) is 0 Å². The molecule has 8 heteroatoms. The zero-order valence-electron chi connectivity index (χ0n) is 13.4. The van der Waals surface area contributed by atoms with E-state index in [4.69, 9.17) is 4.74 Å². The Kier molecular flexibility index (Phi) is 3.77. The van der Waals surface area contributed by atoms with Gasteiger partial charge in [-0.1, -0.05) is 0 Å². The SMILES string of the molecule is Cc1ccnc(N2CCOC(C)(c3cnn(C)c3)C2)c1[N+](=O)[O-]. The first-order valence-corrected chi connectivity index (χ1v) is 7.39. The van der Waals surface area contributed by atoms with Crippen LogP contribution in [0.4, 0.5) is 11.5 Å². The van der Waals surface area contributed by atoms with Gasteiger partial charge in [-0.15, -0.1) is 0 Å². The van der Waals surface area contributed by atoms with Gasteiger partial charge in [-0.05, 0) is 19.9 Å². The second-order valence-electron chi connectivity index (χ2n) is 5.96. The minimum Gasteiger partial charge on any atom is -0.367 e. The van der Waals surface area contributed by atoms with Crippen molar-refractivity contribution in [3.63, 3.8) is 0 Å². The fraction of sp³-hybridized carbons (Fsp3) is 0.467. The van der Waals surface area contributed by atoms with Gasteiger partial charge in [0.05, 0.1) is 24.3 Å². The minimum absolute atomic E-state index is 0.0583. The van der Waals surface area contributed by atoms with Gasteiger partial charge in [0.25, 0.3) is 0 Å². The molecular weight excluding hydrogens is 298 g/mol. The maximum atomic E-state index is 11.4. The molecule has 0 aromatic carbocycles. The molecule has 8 nitrogen and oxygen atoms in total. The monoisotopic (exact) mass is 317 g/mol. The maximum absolute atomic E-state index is 11.4. The fourth-order valence-electron chi connectivity index (χ4n) is 2.91. The van der Waals surface area contributed by atoms with Crippen LogP contribution < -0.4 is 4.90 Å². The molecule has 3 rings (SSSR count). The van der Waals surface area contributed by atoms with Gasteiger partial charge in [0, 0.05) is 37.1 Å². The third-order valence-corrected chi connectivity index (χ3v) is 4.18. The highest BCUT2D eigenvalue weighted by molar-refractivity contribution is 5.62. The second-order valence-corrected chi connectivity index (χ2v) is 5.96. The van der Waals surface area contributed by atoms with Crippen molar-refractivity contribution in [1.82, 2.24) is 14.8 Å². The van der Waals surface area contributed by atoms with Gasteiger partial charge in [0.2, 0.25) is 5.82 Å². The Morgan fingerprint density at radius 1 is 1.48 bits per heavy atom. The van der Waals surface area contributed by atoms with E-state index >= 15 is 0 Å². The number of aromatic nitrogens is 3.